The monoisotopic (exact) mass is 478 g/mol. The van der Waals surface area contributed by atoms with E-state index in [1.807, 2.05) is 6.07 Å². The summed E-state index contributed by atoms with van der Waals surface area (Å²) in [6.07, 6.45) is 0.483. The van der Waals surface area contributed by atoms with Crippen LogP contribution in [0.5, 0.6) is 0 Å². The summed E-state index contributed by atoms with van der Waals surface area (Å²) in [6, 6.07) is 5.93. The molecular weight excluding hydrogens is 449 g/mol. The van der Waals surface area contributed by atoms with Crippen LogP contribution in [-0.2, 0) is 28.5 Å². The molecule has 0 radical (unpaired) electrons. The minimum absolute atomic E-state index is 0.0861. The predicted molar refractivity (Wildman–Crippen MR) is 124 cm³/mol. The Balaban J connectivity index is 0.000000229. The minimum Gasteiger partial charge on any atom is -0.381 e. The number of aryl methyl sites for hydroxylation is 2. The number of ether oxygens (including phenoxy) is 2. The number of rotatable bonds is 5. The maximum atomic E-state index is 13.0. The van der Waals surface area contributed by atoms with E-state index in [4.69, 9.17) is 9.47 Å². The van der Waals surface area contributed by atoms with Crippen molar-refractivity contribution in [2.45, 2.75) is 38.2 Å². The average Bonchev–Trinajstić information content (AvgIpc) is 2.86. The first-order valence-electron chi connectivity index (χ1n) is 11.0. The maximum Gasteiger partial charge on any atom is 0.266 e. The predicted octanol–water partition coefficient (Wildman–Crippen LogP) is 4.35. The summed E-state index contributed by atoms with van der Waals surface area (Å²) in [6.45, 7) is 2.89. The van der Waals surface area contributed by atoms with Gasteiger partial charge in [0.2, 0.25) is 0 Å². The van der Waals surface area contributed by atoms with Crippen LogP contribution >= 0.6 is 0 Å². The van der Waals surface area contributed by atoms with Crippen molar-refractivity contribution in [3.05, 3.63) is 63.5 Å². The highest BCUT2D eigenvalue weighted by Gasteiger charge is 2.37. The van der Waals surface area contributed by atoms with Gasteiger partial charge in [-0.25, -0.2) is 23.1 Å². The molecule has 0 saturated carbocycles. The van der Waals surface area contributed by atoms with Crippen LogP contribution in [0.1, 0.15) is 42.9 Å². The van der Waals surface area contributed by atoms with E-state index in [1.165, 1.54) is 18.5 Å². The molecule has 1 aliphatic rings. The molecule has 3 heterocycles. The highest BCUT2D eigenvalue weighted by atomic mass is 19.3. The Hall–Kier alpha value is -2.98. The first kappa shape index (κ1) is 25.6. The van der Waals surface area contributed by atoms with Crippen molar-refractivity contribution < 1.29 is 22.6 Å². The molecule has 1 N–H and O–H groups in total. The third-order valence-corrected chi connectivity index (χ3v) is 6.15. The van der Waals surface area contributed by atoms with Gasteiger partial charge in [0.05, 0.1) is 16.5 Å². The van der Waals surface area contributed by atoms with Crippen molar-refractivity contribution in [3.8, 4) is 0 Å². The second-order valence-corrected chi connectivity index (χ2v) is 7.92. The Morgan fingerprint density at radius 1 is 1.26 bits per heavy atom. The van der Waals surface area contributed by atoms with Crippen LogP contribution in [0.2, 0.25) is 0 Å². The van der Waals surface area contributed by atoms with Gasteiger partial charge in [0.1, 0.15) is 29.2 Å². The van der Waals surface area contributed by atoms with Crippen molar-refractivity contribution >= 4 is 16.9 Å². The van der Waals surface area contributed by atoms with E-state index >= 15 is 0 Å². The molecular formula is C24H29F3N4O3. The largest absolute Gasteiger partial charge is 0.381 e. The van der Waals surface area contributed by atoms with E-state index < -0.39 is 23.4 Å². The van der Waals surface area contributed by atoms with Gasteiger partial charge in [-0.05, 0) is 18.1 Å². The first-order chi connectivity index (χ1) is 16.3. The number of methoxy groups -OCH3 is 1. The molecule has 0 unspecified atom stereocenters. The Morgan fingerprint density at radius 3 is 2.56 bits per heavy atom. The highest BCUT2D eigenvalue weighted by Crippen LogP contribution is 2.35. The van der Waals surface area contributed by atoms with Gasteiger partial charge in [0.15, 0.2) is 0 Å². The summed E-state index contributed by atoms with van der Waals surface area (Å²) in [7, 11) is 5.17. The van der Waals surface area contributed by atoms with Gasteiger partial charge in [-0.1, -0.05) is 25.1 Å². The maximum absolute atomic E-state index is 13.0. The number of halogens is 3. The summed E-state index contributed by atoms with van der Waals surface area (Å²) in [5, 5.41) is 3.86. The topological polar surface area (TPSA) is 78.3 Å². The fraction of sp³-hybridized carbons (Fsp3) is 0.458. The van der Waals surface area contributed by atoms with Crippen molar-refractivity contribution in [1.82, 2.24) is 14.5 Å². The number of pyridine rings is 1. The Morgan fingerprint density at radius 2 is 1.97 bits per heavy atom. The fourth-order valence-corrected chi connectivity index (χ4v) is 4.12. The van der Waals surface area contributed by atoms with Crippen LogP contribution < -0.4 is 10.9 Å². The molecule has 1 fully saturated rings. The van der Waals surface area contributed by atoms with E-state index in [0.29, 0.717) is 55.1 Å². The Bertz CT molecular complexity index is 1190. The molecule has 0 amide bonds. The molecule has 1 aliphatic heterocycles. The van der Waals surface area contributed by atoms with Crippen LogP contribution in [0.25, 0.3) is 11.0 Å². The lowest BCUT2D eigenvalue weighted by Crippen LogP contribution is -2.41. The van der Waals surface area contributed by atoms with Crippen molar-refractivity contribution in [1.29, 1.82) is 0 Å². The minimum atomic E-state index is -2.73. The molecule has 7 nitrogen and oxygen atoms in total. The summed E-state index contributed by atoms with van der Waals surface area (Å²) in [5.74, 6) is -0.0739. The van der Waals surface area contributed by atoms with Crippen molar-refractivity contribution in [3.63, 3.8) is 0 Å². The van der Waals surface area contributed by atoms with Gasteiger partial charge >= 0.3 is 0 Å². The van der Waals surface area contributed by atoms with Crippen LogP contribution in [0.4, 0.5) is 19.0 Å². The molecule has 184 valence electrons. The third-order valence-electron chi connectivity index (χ3n) is 6.15. The standard InChI is InChI=1S/C15H20N4O3.C9H9F3/c1-16-12-10-8-11(15(21-3)4-6-22-7-5-15)14(20)19(2)13(10)18-9-17-12;1-2-6-4-3-5-7(8(6)10)9(11)12/h8-9H,4-7H2,1-3H3,(H,16,17,18);3-5,9H,2H2,1H3. The molecule has 0 atom stereocenters. The zero-order chi connectivity index (χ0) is 24.9. The number of nitrogens with one attached hydrogen (secondary N) is 1. The Labute approximate surface area is 195 Å². The SMILES string of the molecule is CCc1cccc(C(F)F)c1F.CNc1ncnc2c1cc(C1(OC)CCOCC1)c(=O)n2C. The molecule has 10 heteroatoms. The highest BCUT2D eigenvalue weighted by molar-refractivity contribution is 5.87. The third kappa shape index (κ3) is 4.92. The Kier molecular flexibility index (Phi) is 8.27. The number of hydrogen-bond acceptors (Lipinski definition) is 6. The number of anilines is 1. The fourth-order valence-electron chi connectivity index (χ4n) is 4.12. The van der Waals surface area contributed by atoms with Crippen LogP contribution in [0.3, 0.4) is 0 Å². The number of fused-ring (bicyclic) bond motifs is 1. The molecule has 1 aromatic carbocycles. The second kappa shape index (κ2) is 11.0. The van der Waals surface area contributed by atoms with Gasteiger partial charge in [-0.2, -0.15) is 0 Å². The second-order valence-electron chi connectivity index (χ2n) is 7.92. The normalized spacial score (nSPS) is 15.2. The van der Waals surface area contributed by atoms with Gasteiger partial charge in [0.25, 0.3) is 12.0 Å². The lowest BCUT2D eigenvalue weighted by Gasteiger charge is -2.36. The summed E-state index contributed by atoms with van der Waals surface area (Å²) in [5.41, 5.74) is 0.382. The van der Waals surface area contributed by atoms with E-state index in [9.17, 15) is 18.0 Å². The lowest BCUT2D eigenvalue weighted by molar-refractivity contribution is -0.0956. The zero-order valence-corrected chi connectivity index (χ0v) is 19.7. The van der Waals surface area contributed by atoms with Gasteiger partial charge in [0, 0.05) is 47.3 Å². The molecule has 3 aromatic rings. The smallest absolute Gasteiger partial charge is 0.266 e. The molecule has 0 spiro atoms. The van der Waals surface area contributed by atoms with E-state index in [2.05, 4.69) is 15.3 Å². The van der Waals surface area contributed by atoms with Gasteiger partial charge in [-0.3, -0.25) is 9.36 Å². The van der Waals surface area contributed by atoms with E-state index in [0.717, 1.165) is 11.5 Å². The van der Waals surface area contributed by atoms with Gasteiger partial charge in [-0.15, -0.1) is 0 Å². The number of benzene rings is 1. The molecule has 1 saturated heterocycles. The molecule has 0 bridgehead atoms. The zero-order valence-electron chi connectivity index (χ0n) is 19.7. The number of hydrogen-bond donors (Lipinski definition) is 1. The van der Waals surface area contributed by atoms with Crippen molar-refractivity contribution in [2.75, 3.05) is 32.7 Å². The average molecular weight is 479 g/mol. The van der Waals surface area contributed by atoms with E-state index in [1.54, 1.807) is 32.7 Å². The molecule has 2 aromatic heterocycles. The molecule has 34 heavy (non-hydrogen) atoms. The summed E-state index contributed by atoms with van der Waals surface area (Å²) < 4.78 is 50.0. The summed E-state index contributed by atoms with van der Waals surface area (Å²) in [4.78, 5) is 21.3. The quantitative estimate of drug-likeness (QED) is 0.588. The summed E-state index contributed by atoms with van der Waals surface area (Å²) >= 11 is 0. The van der Waals surface area contributed by atoms with Gasteiger partial charge < -0.3 is 14.8 Å². The number of aromatic nitrogens is 3. The van der Waals surface area contributed by atoms with Crippen LogP contribution in [-0.4, -0.2) is 41.9 Å². The van der Waals surface area contributed by atoms with Crippen molar-refractivity contribution in [2.24, 2.45) is 7.05 Å². The molecule has 4 rings (SSSR count). The van der Waals surface area contributed by atoms with Crippen LogP contribution in [0, 0.1) is 5.82 Å². The molecule has 0 aliphatic carbocycles. The van der Waals surface area contributed by atoms with Crippen LogP contribution in [0.15, 0.2) is 35.4 Å². The lowest BCUT2D eigenvalue weighted by atomic mass is 9.86. The van der Waals surface area contributed by atoms with E-state index in [-0.39, 0.29) is 5.56 Å². The first-order valence-corrected chi connectivity index (χ1v) is 11.0. The number of alkyl halides is 2. The number of nitrogens with zero attached hydrogens (tertiary/aromatic N) is 3.